The lowest BCUT2D eigenvalue weighted by Crippen LogP contribution is -2.31. The highest BCUT2D eigenvalue weighted by atomic mass is 16.4. The maximum atomic E-state index is 12.3. The van der Waals surface area contributed by atoms with Crippen molar-refractivity contribution in [3.05, 3.63) is 35.4 Å². The lowest BCUT2D eigenvalue weighted by molar-refractivity contribution is -0.142. The molecule has 2 atom stereocenters. The Hall–Kier alpha value is -2.15. The topological polar surface area (TPSA) is 78.2 Å². The first kappa shape index (κ1) is 14.3. The molecular formula is C16H17NO3. The number of hydrogen-bond acceptors (Lipinski definition) is 3. The predicted octanol–water partition coefficient (Wildman–Crippen LogP) is 2.56. The van der Waals surface area contributed by atoms with Gasteiger partial charge in [-0.25, -0.2) is 0 Å². The highest BCUT2D eigenvalue weighted by molar-refractivity contribution is 5.87. The summed E-state index contributed by atoms with van der Waals surface area (Å²) >= 11 is 0. The third kappa shape index (κ3) is 3.45. The SMILES string of the molecule is N#Cc1ccc(CC2CCCC(CC(=O)O)C2=O)cc1. The van der Waals surface area contributed by atoms with Crippen LogP contribution in [-0.4, -0.2) is 16.9 Å². The molecule has 1 aliphatic carbocycles. The van der Waals surface area contributed by atoms with Gasteiger partial charge >= 0.3 is 5.97 Å². The van der Waals surface area contributed by atoms with E-state index in [1.807, 2.05) is 12.1 Å². The molecule has 0 spiro atoms. The van der Waals surface area contributed by atoms with Crippen LogP contribution in [0.4, 0.5) is 0 Å². The molecule has 1 saturated carbocycles. The average Bonchev–Trinajstić information content (AvgIpc) is 2.43. The van der Waals surface area contributed by atoms with Gasteiger partial charge in [-0.2, -0.15) is 5.26 Å². The summed E-state index contributed by atoms with van der Waals surface area (Å²) in [6.45, 7) is 0. The molecule has 1 aromatic rings. The summed E-state index contributed by atoms with van der Waals surface area (Å²) in [7, 11) is 0. The van der Waals surface area contributed by atoms with E-state index < -0.39 is 5.97 Å². The van der Waals surface area contributed by atoms with Crippen molar-refractivity contribution in [1.82, 2.24) is 0 Å². The molecular weight excluding hydrogens is 254 g/mol. The van der Waals surface area contributed by atoms with E-state index in [0.717, 1.165) is 18.4 Å². The van der Waals surface area contributed by atoms with Crippen LogP contribution in [0.3, 0.4) is 0 Å². The highest BCUT2D eigenvalue weighted by Crippen LogP contribution is 2.30. The van der Waals surface area contributed by atoms with E-state index in [4.69, 9.17) is 10.4 Å². The van der Waals surface area contributed by atoms with Gasteiger partial charge in [0.2, 0.25) is 0 Å². The first-order valence-electron chi connectivity index (χ1n) is 6.84. The van der Waals surface area contributed by atoms with Gasteiger partial charge in [0.25, 0.3) is 0 Å². The summed E-state index contributed by atoms with van der Waals surface area (Å²) < 4.78 is 0. The maximum Gasteiger partial charge on any atom is 0.304 e. The first-order chi connectivity index (χ1) is 9.60. The number of carbonyl (C=O) groups excluding carboxylic acids is 1. The predicted molar refractivity (Wildman–Crippen MR) is 73.0 cm³/mol. The van der Waals surface area contributed by atoms with Crippen molar-refractivity contribution in [2.24, 2.45) is 11.8 Å². The molecule has 1 aliphatic rings. The summed E-state index contributed by atoms with van der Waals surface area (Å²) in [5.74, 6) is -1.23. The molecule has 104 valence electrons. The van der Waals surface area contributed by atoms with Gasteiger partial charge in [-0.05, 0) is 37.0 Å². The Morgan fingerprint density at radius 3 is 2.50 bits per heavy atom. The zero-order valence-corrected chi connectivity index (χ0v) is 11.2. The number of hydrogen-bond donors (Lipinski definition) is 1. The fourth-order valence-electron chi connectivity index (χ4n) is 2.84. The molecule has 1 N–H and O–H groups in total. The van der Waals surface area contributed by atoms with E-state index >= 15 is 0 Å². The molecule has 0 heterocycles. The number of benzene rings is 1. The number of carboxylic acids is 1. The van der Waals surface area contributed by atoms with Gasteiger partial charge in [0, 0.05) is 11.8 Å². The van der Waals surface area contributed by atoms with Gasteiger partial charge in [0.1, 0.15) is 5.78 Å². The van der Waals surface area contributed by atoms with E-state index in [0.29, 0.717) is 18.4 Å². The minimum absolute atomic E-state index is 0.0529. The van der Waals surface area contributed by atoms with Gasteiger partial charge < -0.3 is 5.11 Å². The molecule has 1 aromatic carbocycles. The Kier molecular flexibility index (Phi) is 4.52. The molecule has 2 unspecified atom stereocenters. The fraction of sp³-hybridized carbons (Fsp3) is 0.438. The van der Waals surface area contributed by atoms with Crippen molar-refractivity contribution >= 4 is 11.8 Å². The molecule has 4 heteroatoms. The number of aliphatic carboxylic acids is 1. The Labute approximate surface area is 118 Å². The third-order valence-electron chi connectivity index (χ3n) is 3.90. The number of Topliss-reactive ketones (excluding diaryl/α,β-unsaturated/α-hetero) is 1. The number of ketones is 1. The summed E-state index contributed by atoms with van der Waals surface area (Å²) in [5, 5.41) is 17.6. The molecule has 0 radical (unpaired) electrons. The molecule has 0 amide bonds. The zero-order valence-electron chi connectivity index (χ0n) is 11.2. The summed E-state index contributed by atoms with van der Waals surface area (Å²) in [5.41, 5.74) is 1.63. The Balaban J connectivity index is 2.02. The van der Waals surface area contributed by atoms with Gasteiger partial charge in [-0.15, -0.1) is 0 Å². The molecule has 20 heavy (non-hydrogen) atoms. The lowest BCUT2D eigenvalue weighted by Gasteiger charge is -2.27. The second-order valence-electron chi connectivity index (χ2n) is 5.34. The Morgan fingerprint density at radius 2 is 1.90 bits per heavy atom. The fourth-order valence-corrected chi connectivity index (χ4v) is 2.84. The van der Waals surface area contributed by atoms with Crippen molar-refractivity contribution in [2.45, 2.75) is 32.1 Å². The lowest BCUT2D eigenvalue weighted by atomic mass is 9.76. The number of nitriles is 1. The van der Waals surface area contributed by atoms with Crippen LogP contribution < -0.4 is 0 Å². The van der Waals surface area contributed by atoms with Crippen molar-refractivity contribution in [3.8, 4) is 6.07 Å². The average molecular weight is 271 g/mol. The van der Waals surface area contributed by atoms with Crippen LogP contribution >= 0.6 is 0 Å². The van der Waals surface area contributed by atoms with Crippen LogP contribution in [-0.2, 0) is 16.0 Å². The molecule has 4 nitrogen and oxygen atoms in total. The standard InChI is InChI=1S/C16H17NO3/c17-10-12-6-4-11(5-7-12)8-13-2-1-3-14(16(13)20)9-15(18)19/h4-7,13-14H,1-3,8-9H2,(H,18,19). The molecule has 1 fully saturated rings. The van der Waals surface area contributed by atoms with E-state index in [2.05, 4.69) is 6.07 Å². The molecule has 0 saturated heterocycles. The second-order valence-corrected chi connectivity index (χ2v) is 5.34. The summed E-state index contributed by atoms with van der Waals surface area (Å²) in [6.07, 6.45) is 3.01. The van der Waals surface area contributed by atoms with Crippen LogP contribution in [0.2, 0.25) is 0 Å². The minimum atomic E-state index is -0.901. The highest BCUT2D eigenvalue weighted by Gasteiger charge is 2.32. The Bertz CT molecular complexity index is 542. The maximum absolute atomic E-state index is 12.3. The molecule has 0 aliphatic heterocycles. The second kappa shape index (κ2) is 6.33. The molecule has 2 rings (SSSR count). The number of nitrogens with zero attached hydrogens (tertiary/aromatic N) is 1. The van der Waals surface area contributed by atoms with Crippen LogP contribution in [0.5, 0.6) is 0 Å². The third-order valence-corrected chi connectivity index (χ3v) is 3.90. The number of carbonyl (C=O) groups is 2. The van der Waals surface area contributed by atoms with Crippen LogP contribution in [0.15, 0.2) is 24.3 Å². The van der Waals surface area contributed by atoms with Gasteiger partial charge in [0.15, 0.2) is 0 Å². The Morgan fingerprint density at radius 1 is 1.25 bits per heavy atom. The molecule has 0 aromatic heterocycles. The normalized spacial score (nSPS) is 22.2. The summed E-state index contributed by atoms with van der Waals surface area (Å²) in [6, 6.07) is 9.29. The number of carboxylic acid groups (broad SMARTS) is 1. The van der Waals surface area contributed by atoms with E-state index in [1.165, 1.54) is 0 Å². The van der Waals surface area contributed by atoms with Crippen molar-refractivity contribution in [1.29, 1.82) is 5.26 Å². The number of rotatable bonds is 4. The largest absolute Gasteiger partial charge is 0.481 e. The summed E-state index contributed by atoms with van der Waals surface area (Å²) in [4.78, 5) is 23.0. The quantitative estimate of drug-likeness (QED) is 0.912. The van der Waals surface area contributed by atoms with Crippen LogP contribution in [0, 0.1) is 23.2 Å². The van der Waals surface area contributed by atoms with Crippen LogP contribution in [0.25, 0.3) is 0 Å². The minimum Gasteiger partial charge on any atom is -0.481 e. The van der Waals surface area contributed by atoms with Crippen molar-refractivity contribution in [2.75, 3.05) is 0 Å². The van der Waals surface area contributed by atoms with Crippen LogP contribution in [0.1, 0.15) is 36.8 Å². The first-order valence-corrected chi connectivity index (χ1v) is 6.84. The monoisotopic (exact) mass is 271 g/mol. The molecule has 0 bridgehead atoms. The van der Waals surface area contributed by atoms with E-state index in [1.54, 1.807) is 12.1 Å². The smallest absolute Gasteiger partial charge is 0.304 e. The van der Waals surface area contributed by atoms with Crippen molar-refractivity contribution in [3.63, 3.8) is 0 Å². The van der Waals surface area contributed by atoms with Gasteiger partial charge in [-0.1, -0.05) is 18.6 Å². The zero-order chi connectivity index (χ0) is 14.5. The van der Waals surface area contributed by atoms with Crippen molar-refractivity contribution < 1.29 is 14.7 Å². The van der Waals surface area contributed by atoms with E-state index in [-0.39, 0.29) is 24.0 Å². The van der Waals surface area contributed by atoms with Gasteiger partial charge in [0.05, 0.1) is 18.1 Å². The van der Waals surface area contributed by atoms with E-state index in [9.17, 15) is 9.59 Å². The van der Waals surface area contributed by atoms with Gasteiger partial charge in [-0.3, -0.25) is 9.59 Å².